The SMILES string of the molecule is CC(C)(CCl)C(=O)N1CCCC1C(=O)Nc1nnc(-c2ccc3c(c2)OCO3)s1. The number of nitrogens with zero attached hydrogens (tertiary/aromatic N) is 3. The van der Waals surface area contributed by atoms with Gasteiger partial charge in [-0.3, -0.25) is 14.9 Å². The summed E-state index contributed by atoms with van der Waals surface area (Å²) >= 11 is 7.20. The highest BCUT2D eigenvalue weighted by Crippen LogP contribution is 2.37. The number of carbonyl (C=O) groups is 2. The van der Waals surface area contributed by atoms with E-state index >= 15 is 0 Å². The van der Waals surface area contributed by atoms with E-state index in [1.807, 2.05) is 18.2 Å². The fourth-order valence-corrected chi connectivity index (χ4v) is 4.19. The number of hydrogen-bond donors (Lipinski definition) is 1. The summed E-state index contributed by atoms with van der Waals surface area (Å²) in [4.78, 5) is 27.2. The van der Waals surface area contributed by atoms with Gasteiger partial charge in [0.1, 0.15) is 11.0 Å². The third kappa shape index (κ3) is 3.89. The summed E-state index contributed by atoms with van der Waals surface area (Å²) in [6.07, 6.45) is 1.39. The van der Waals surface area contributed by atoms with Crippen LogP contribution in [0.1, 0.15) is 26.7 Å². The van der Waals surface area contributed by atoms with Crippen LogP contribution in [0.2, 0.25) is 0 Å². The number of carbonyl (C=O) groups excluding carboxylic acids is 2. The van der Waals surface area contributed by atoms with Crippen molar-refractivity contribution in [1.29, 1.82) is 0 Å². The molecule has 1 atom stereocenters. The highest BCUT2D eigenvalue weighted by Gasteiger charge is 2.40. The molecule has 10 heteroatoms. The molecule has 2 aliphatic rings. The van der Waals surface area contributed by atoms with Crippen molar-refractivity contribution in [2.75, 3.05) is 24.5 Å². The first-order chi connectivity index (χ1) is 13.9. The van der Waals surface area contributed by atoms with Crippen LogP contribution in [0.5, 0.6) is 11.5 Å². The highest BCUT2D eigenvalue weighted by atomic mass is 35.5. The van der Waals surface area contributed by atoms with Crippen molar-refractivity contribution < 1.29 is 19.1 Å². The van der Waals surface area contributed by atoms with Gasteiger partial charge < -0.3 is 14.4 Å². The lowest BCUT2D eigenvalue weighted by molar-refractivity contribution is -0.143. The molecule has 3 heterocycles. The maximum atomic E-state index is 12.8. The van der Waals surface area contributed by atoms with Crippen LogP contribution >= 0.6 is 22.9 Å². The number of amides is 2. The van der Waals surface area contributed by atoms with E-state index in [2.05, 4.69) is 15.5 Å². The van der Waals surface area contributed by atoms with Crippen molar-refractivity contribution in [3.05, 3.63) is 18.2 Å². The van der Waals surface area contributed by atoms with E-state index in [1.54, 1.807) is 18.7 Å². The van der Waals surface area contributed by atoms with Crippen molar-refractivity contribution in [3.63, 3.8) is 0 Å². The van der Waals surface area contributed by atoms with Crippen LogP contribution in [0.25, 0.3) is 10.6 Å². The normalized spacial score (nSPS) is 18.2. The largest absolute Gasteiger partial charge is 0.454 e. The molecule has 2 aliphatic heterocycles. The molecular weight excluding hydrogens is 416 g/mol. The van der Waals surface area contributed by atoms with E-state index < -0.39 is 11.5 Å². The Morgan fingerprint density at radius 3 is 2.90 bits per heavy atom. The fourth-order valence-electron chi connectivity index (χ4n) is 3.34. The number of nitrogens with one attached hydrogen (secondary N) is 1. The monoisotopic (exact) mass is 436 g/mol. The molecule has 1 saturated heterocycles. The second-order valence-electron chi connectivity index (χ2n) is 7.64. The van der Waals surface area contributed by atoms with Crippen LogP contribution in [-0.4, -0.2) is 52.2 Å². The topological polar surface area (TPSA) is 93.7 Å². The first-order valence-corrected chi connectivity index (χ1v) is 10.7. The number of aromatic nitrogens is 2. The van der Waals surface area contributed by atoms with Crippen LogP contribution < -0.4 is 14.8 Å². The predicted molar refractivity (Wildman–Crippen MR) is 109 cm³/mol. The lowest BCUT2D eigenvalue weighted by Gasteiger charge is -2.31. The smallest absolute Gasteiger partial charge is 0.249 e. The predicted octanol–water partition coefficient (Wildman–Crippen LogP) is 3.13. The minimum Gasteiger partial charge on any atom is -0.454 e. The molecule has 2 amide bonds. The number of ether oxygens (including phenoxy) is 2. The number of likely N-dealkylation sites (tertiary alicyclic amines) is 1. The van der Waals surface area contributed by atoms with Gasteiger partial charge >= 0.3 is 0 Å². The van der Waals surface area contributed by atoms with Crippen LogP contribution in [-0.2, 0) is 9.59 Å². The summed E-state index contributed by atoms with van der Waals surface area (Å²) in [6, 6.07) is 4.99. The number of alkyl halides is 1. The second kappa shape index (κ2) is 7.79. The van der Waals surface area contributed by atoms with Crippen LogP contribution in [0.15, 0.2) is 18.2 Å². The fraction of sp³-hybridized carbons (Fsp3) is 0.474. The molecule has 1 unspecified atom stereocenters. The first-order valence-electron chi connectivity index (χ1n) is 9.30. The van der Waals surface area contributed by atoms with Crippen molar-refractivity contribution in [1.82, 2.24) is 15.1 Å². The Bertz CT molecular complexity index is 948. The Kier molecular flexibility index (Phi) is 5.35. The van der Waals surface area contributed by atoms with Crippen LogP contribution in [0, 0.1) is 5.41 Å². The minimum atomic E-state index is -0.709. The average molecular weight is 437 g/mol. The van der Waals surface area contributed by atoms with E-state index in [-0.39, 0.29) is 24.5 Å². The zero-order valence-corrected chi connectivity index (χ0v) is 17.7. The number of anilines is 1. The van der Waals surface area contributed by atoms with Crippen LogP contribution in [0.4, 0.5) is 5.13 Å². The lowest BCUT2D eigenvalue weighted by atomic mass is 9.94. The Balaban J connectivity index is 1.46. The quantitative estimate of drug-likeness (QED) is 0.724. The molecular formula is C19H21ClN4O4S. The van der Waals surface area contributed by atoms with Gasteiger partial charge in [-0.2, -0.15) is 0 Å². The standard InChI is InChI=1S/C19H21ClN4O4S/c1-19(2,9-20)17(26)24-7-3-4-12(24)15(25)21-18-23-22-16(29-18)11-5-6-13-14(8-11)28-10-27-13/h5-6,8,12H,3-4,7,9-10H2,1-2H3,(H,21,23,25). The minimum absolute atomic E-state index is 0.108. The third-order valence-corrected chi connectivity index (χ3v) is 6.56. The Hall–Kier alpha value is -2.39. The number of fused-ring (bicyclic) bond motifs is 1. The molecule has 1 aromatic heterocycles. The Morgan fingerprint density at radius 2 is 2.10 bits per heavy atom. The first kappa shape index (κ1) is 19.9. The number of rotatable bonds is 5. The van der Waals surface area contributed by atoms with Gasteiger partial charge in [-0.05, 0) is 44.9 Å². The Morgan fingerprint density at radius 1 is 1.31 bits per heavy atom. The van der Waals surface area contributed by atoms with E-state index in [0.717, 1.165) is 12.0 Å². The Labute approximate surface area is 177 Å². The average Bonchev–Trinajstić information content (AvgIpc) is 3.46. The molecule has 8 nitrogen and oxygen atoms in total. The number of halogens is 1. The van der Waals surface area contributed by atoms with E-state index in [1.165, 1.54) is 11.3 Å². The van der Waals surface area contributed by atoms with E-state index in [4.69, 9.17) is 21.1 Å². The van der Waals surface area contributed by atoms with Gasteiger partial charge in [0.15, 0.2) is 11.5 Å². The van der Waals surface area contributed by atoms with Gasteiger partial charge in [-0.1, -0.05) is 11.3 Å². The molecule has 0 bridgehead atoms. The van der Waals surface area contributed by atoms with Crippen molar-refractivity contribution >= 4 is 39.9 Å². The van der Waals surface area contributed by atoms with Gasteiger partial charge in [0.25, 0.3) is 0 Å². The summed E-state index contributed by atoms with van der Waals surface area (Å²) < 4.78 is 10.7. The molecule has 1 fully saturated rings. The zero-order chi connectivity index (χ0) is 20.6. The highest BCUT2D eigenvalue weighted by molar-refractivity contribution is 7.18. The molecule has 29 heavy (non-hydrogen) atoms. The lowest BCUT2D eigenvalue weighted by Crippen LogP contribution is -2.48. The number of benzene rings is 1. The molecule has 0 radical (unpaired) electrons. The summed E-state index contributed by atoms with van der Waals surface area (Å²) in [6.45, 7) is 4.33. The van der Waals surface area contributed by atoms with Crippen molar-refractivity contribution in [2.45, 2.75) is 32.7 Å². The third-order valence-electron chi connectivity index (χ3n) is 5.00. The summed E-state index contributed by atoms with van der Waals surface area (Å²) in [7, 11) is 0. The summed E-state index contributed by atoms with van der Waals surface area (Å²) in [5, 5.41) is 12.1. The van der Waals surface area contributed by atoms with Crippen molar-refractivity contribution in [3.8, 4) is 22.1 Å². The second-order valence-corrected chi connectivity index (χ2v) is 8.89. The summed E-state index contributed by atoms with van der Waals surface area (Å²) in [5.41, 5.74) is 0.119. The van der Waals surface area contributed by atoms with Gasteiger partial charge in [-0.15, -0.1) is 21.8 Å². The maximum absolute atomic E-state index is 12.8. The van der Waals surface area contributed by atoms with Gasteiger partial charge in [0, 0.05) is 18.0 Å². The van der Waals surface area contributed by atoms with E-state index in [9.17, 15) is 9.59 Å². The summed E-state index contributed by atoms with van der Waals surface area (Å²) in [5.74, 6) is 1.19. The molecule has 1 N–H and O–H groups in total. The zero-order valence-electron chi connectivity index (χ0n) is 16.1. The molecule has 4 rings (SSSR count). The van der Waals surface area contributed by atoms with Gasteiger partial charge in [0.2, 0.25) is 23.7 Å². The molecule has 2 aromatic rings. The molecule has 0 aliphatic carbocycles. The van der Waals surface area contributed by atoms with Crippen LogP contribution in [0.3, 0.4) is 0 Å². The molecule has 154 valence electrons. The molecule has 0 spiro atoms. The van der Waals surface area contributed by atoms with E-state index in [0.29, 0.717) is 34.6 Å². The van der Waals surface area contributed by atoms with Gasteiger partial charge in [-0.25, -0.2) is 0 Å². The van der Waals surface area contributed by atoms with Crippen molar-refractivity contribution in [2.24, 2.45) is 5.41 Å². The molecule has 1 aromatic carbocycles. The van der Waals surface area contributed by atoms with Gasteiger partial charge in [0.05, 0.1) is 5.41 Å². The maximum Gasteiger partial charge on any atom is 0.249 e. The number of hydrogen-bond acceptors (Lipinski definition) is 7. The molecule has 0 saturated carbocycles.